The largest absolute Gasteiger partial charge is 0.370 e. The van der Waals surface area contributed by atoms with Gasteiger partial charge < -0.3 is 19.5 Å². The highest BCUT2D eigenvalue weighted by molar-refractivity contribution is 14.0. The van der Waals surface area contributed by atoms with Crippen LogP contribution in [-0.4, -0.2) is 42.8 Å². The second-order valence-electron chi connectivity index (χ2n) is 6.06. The van der Waals surface area contributed by atoms with E-state index in [1.165, 1.54) is 16.7 Å². The number of ether oxygens (including phenoxy) is 1. The summed E-state index contributed by atoms with van der Waals surface area (Å²) < 4.78 is 10.9. The van der Waals surface area contributed by atoms with E-state index < -0.39 is 0 Å². The van der Waals surface area contributed by atoms with Gasteiger partial charge in [-0.15, -0.1) is 24.0 Å². The molecule has 0 spiro atoms. The third-order valence-corrected chi connectivity index (χ3v) is 4.27. The molecule has 1 fully saturated rings. The van der Waals surface area contributed by atoms with Crippen LogP contribution in [0.25, 0.3) is 0 Å². The van der Waals surface area contributed by atoms with Crippen molar-refractivity contribution < 1.29 is 9.26 Å². The fourth-order valence-corrected chi connectivity index (χ4v) is 3.05. The zero-order valence-electron chi connectivity index (χ0n) is 14.9. The number of benzene rings is 1. The minimum atomic E-state index is 0. The lowest BCUT2D eigenvalue weighted by Crippen LogP contribution is -2.48. The van der Waals surface area contributed by atoms with Crippen molar-refractivity contribution in [3.05, 3.63) is 52.9 Å². The van der Waals surface area contributed by atoms with Crippen LogP contribution in [-0.2, 0) is 11.3 Å². The van der Waals surface area contributed by atoms with Crippen LogP contribution in [0.2, 0.25) is 0 Å². The summed E-state index contributed by atoms with van der Waals surface area (Å²) in [5.74, 6) is 0.857. The van der Waals surface area contributed by atoms with E-state index in [4.69, 9.17) is 9.26 Å². The van der Waals surface area contributed by atoms with Gasteiger partial charge in [-0.3, -0.25) is 4.99 Å². The predicted molar refractivity (Wildman–Crippen MR) is 108 cm³/mol. The molecular weight excluding hydrogens is 431 g/mol. The minimum Gasteiger partial charge on any atom is -0.370 e. The summed E-state index contributed by atoms with van der Waals surface area (Å²) in [7, 11) is 1.80. The predicted octanol–water partition coefficient (Wildman–Crippen LogP) is 3.06. The number of aryl methyl sites for hydroxylation is 2. The molecule has 1 saturated heterocycles. The van der Waals surface area contributed by atoms with Gasteiger partial charge in [0.15, 0.2) is 5.96 Å². The molecule has 1 aromatic carbocycles. The van der Waals surface area contributed by atoms with Crippen molar-refractivity contribution in [1.29, 1.82) is 0 Å². The van der Waals surface area contributed by atoms with Crippen LogP contribution in [0.4, 0.5) is 0 Å². The molecule has 0 saturated carbocycles. The van der Waals surface area contributed by atoms with Crippen molar-refractivity contribution in [3.8, 4) is 0 Å². The Morgan fingerprint density at radius 1 is 1.36 bits per heavy atom. The van der Waals surface area contributed by atoms with Crippen LogP contribution < -0.4 is 5.32 Å². The molecule has 1 unspecified atom stereocenters. The lowest BCUT2D eigenvalue weighted by atomic mass is 10.00. The second-order valence-corrected chi connectivity index (χ2v) is 6.06. The maximum atomic E-state index is 6.01. The number of nitrogens with zero attached hydrogens (tertiary/aromatic N) is 3. The standard InChI is InChI=1S/C18H24N4O2.HI/c1-13-4-5-16(14(2)10-13)17-12-22(7-9-23-17)18(19-3)20-11-15-6-8-24-21-15;/h4-6,8,10,17H,7,9,11-12H2,1-3H3,(H,19,20);1H. The highest BCUT2D eigenvalue weighted by Gasteiger charge is 2.25. The molecular formula is C18H25IN4O2. The fraction of sp³-hybridized carbons (Fsp3) is 0.444. The lowest BCUT2D eigenvalue weighted by Gasteiger charge is -2.35. The van der Waals surface area contributed by atoms with Gasteiger partial charge >= 0.3 is 0 Å². The number of hydrogen-bond donors (Lipinski definition) is 1. The molecule has 0 radical (unpaired) electrons. The third-order valence-electron chi connectivity index (χ3n) is 4.27. The van der Waals surface area contributed by atoms with E-state index in [1.807, 2.05) is 6.07 Å². The van der Waals surface area contributed by atoms with Gasteiger partial charge in [0.05, 0.1) is 19.7 Å². The van der Waals surface area contributed by atoms with Gasteiger partial charge in [0.2, 0.25) is 0 Å². The molecule has 1 atom stereocenters. The minimum absolute atomic E-state index is 0. The summed E-state index contributed by atoms with van der Waals surface area (Å²) in [6.45, 7) is 7.13. The van der Waals surface area contributed by atoms with Gasteiger partial charge in [0.1, 0.15) is 18.1 Å². The van der Waals surface area contributed by atoms with Crippen LogP contribution in [0.1, 0.15) is 28.5 Å². The Labute approximate surface area is 165 Å². The van der Waals surface area contributed by atoms with Crippen molar-refractivity contribution in [2.24, 2.45) is 4.99 Å². The molecule has 6 nitrogen and oxygen atoms in total. The molecule has 7 heteroatoms. The summed E-state index contributed by atoms with van der Waals surface area (Å²) >= 11 is 0. The van der Waals surface area contributed by atoms with Crippen LogP contribution in [0.3, 0.4) is 0 Å². The van der Waals surface area contributed by atoms with E-state index in [2.05, 4.69) is 52.4 Å². The Morgan fingerprint density at radius 3 is 2.88 bits per heavy atom. The van der Waals surface area contributed by atoms with Crippen LogP contribution >= 0.6 is 24.0 Å². The monoisotopic (exact) mass is 456 g/mol. The first-order chi connectivity index (χ1) is 11.7. The summed E-state index contributed by atoms with van der Waals surface area (Å²) in [5, 5.41) is 7.25. The Bertz CT molecular complexity index is 703. The quantitative estimate of drug-likeness (QED) is 0.437. The number of aromatic nitrogens is 1. The first-order valence-corrected chi connectivity index (χ1v) is 8.21. The van der Waals surface area contributed by atoms with Gasteiger partial charge in [-0.25, -0.2) is 0 Å². The average molecular weight is 456 g/mol. The van der Waals surface area contributed by atoms with E-state index in [-0.39, 0.29) is 30.1 Å². The molecule has 25 heavy (non-hydrogen) atoms. The number of hydrogen-bond acceptors (Lipinski definition) is 4. The van der Waals surface area contributed by atoms with E-state index in [1.54, 1.807) is 13.3 Å². The second kappa shape index (κ2) is 9.19. The maximum absolute atomic E-state index is 6.01. The summed E-state index contributed by atoms with van der Waals surface area (Å²) in [5.41, 5.74) is 4.65. The SMILES string of the molecule is CN=C(NCc1ccon1)N1CCOC(c2ccc(C)cc2C)C1.I. The molecule has 3 rings (SSSR count). The third kappa shape index (κ3) is 4.94. The Kier molecular flexibility index (Phi) is 7.24. The van der Waals surface area contributed by atoms with Crippen molar-refractivity contribution in [2.75, 3.05) is 26.7 Å². The first kappa shape index (κ1) is 19.7. The molecule has 136 valence electrons. The smallest absolute Gasteiger partial charge is 0.194 e. The number of rotatable bonds is 3. The Balaban J connectivity index is 0.00000225. The van der Waals surface area contributed by atoms with Crippen LogP contribution in [0.15, 0.2) is 40.0 Å². The molecule has 1 aliphatic heterocycles. The topological polar surface area (TPSA) is 62.9 Å². The highest BCUT2D eigenvalue weighted by atomic mass is 127. The molecule has 1 N–H and O–H groups in total. The molecule has 1 aromatic heterocycles. The van der Waals surface area contributed by atoms with E-state index in [0.717, 1.165) is 24.7 Å². The van der Waals surface area contributed by atoms with Gasteiger partial charge in [-0.05, 0) is 25.0 Å². The number of halogens is 1. The zero-order chi connectivity index (χ0) is 16.9. The number of morpholine rings is 1. The molecule has 2 aromatic rings. The highest BCUT2D eigenvalue weighted by Crippen LogP contribution is 2.25. The van der Waals surface area contributed by atoms with Gasteiger partial charge in [0, 0.05) is 19.7 Å². The van der Waals surface area contributed by atoms with Crippen LogP contribution in [0.5, 0.6) is 0 Å². The van der Waals surface area contributed by atoms with E-state index >= 15 is 0 Å². The number of aliphatic imine (C=N–C) groups is 1. The summed E-state index contributed by atoms with van der Waals surface area (Å²) in [4.78, 5) is 6.62. The number of guanidine groups is 1. The molecule has 0 bridgehead atoms. The van der Waals surface area contributed by atoms with E-state index in [0.29, 0.717) is 13.2 Å². The fourth-order valence-electron chi connectivity index (χ4n) is 3.05. The van der Waals surface area contributed by atoms with E-state index in [9.17, 15) is 0 Å². The molecule has 0 amide bonds. The molecule has 0 aliphatic carbocycles. The molecule has 1 aliphatic rings. The normalized spacial score (nSPS) is 18.0. The van der Waals surface area contributed by atoms with Gasteiger partial charge in [-0.1, -0.05) is 28.9 Å². The maximum Gasteiger partial charge on any atom is 0.194 e. The first-order valence-electron chi connectivity index (χ1n) is 8.21. The van der Waals surface area contributed by atoms with Crippen molar-refractivity contribution in [1.82, 2.24) is 15.4 Å². The zero-order valence-corrected chi connectivity index (χ0v) is 17.2. The van der Waals surface area contributed by atoms with Crippen molar-refractivity contribution in [3.63, 3.8) is 0 Å². The van der Waals surface area contributed by atoms with Gasteiger partial charge in [0.25, 0.3) is 0 Å². The van der Waals surface area contributed by atoms with Crippen molar-refractivity contribution in [2.45, 2.75) is 26.5 Å². The number of nitrogens with one attached hydrogen (secondary N) is 1. The Morgan fingerprint density at radius 2 is 2.20 bits per heavy atom. The summed E-state index contributed by atoms with van der Waals surface area (Å²) in [6, 6.07) is 8.36. The molecule has 2 heterocycles. The average Bonchev–Trinajstić information content (AvgIpc) is 3.09. The van der Waals surface area contributed by atoms with Crippen LogP contribution in [0, 0.1) is 13.8 Å². The van der Waals surface area contributed by atoms with Crippen molar-refractivity contribution >= 4 is 29.9 Å². The van der Waals surface area contributed by atoms with Gasteiger partial charge in [-0.2, -0.15) is 0 Å². The Hall–Kier alpha value is -1.61. The summed E-state index contributed by atoms with van der Waals surface area (Å²) in [6.07, 6.45) is 1.63. The lowest BCUT2D eigenvalue weighted by molar-refractivity contribution is -0.00835.